The molecule has 4 saturated carbocycles. The van der Waals surface area contributed by atoms with E-state index in [1.807, 2.05) is 18.2 Å². The van der Waals surface area contributed by atoms with Gasteiger partial charge in [-0.2, -0.15) is 12.6 Å². The number of nitrogens with two attached hydrogens (primary N) is 1. The lowest BCUT2D eigenvalue weighted by Gasteiger charge is -2.55. The number of para-hydroxylation sites is 1. The molecule has 0 aliphatic heterocycles. The van der Waals surface area contributed by atoms with Crippen LogP contribution in [0.3, 0.4) is 0 Å². The van der Waals surface area contributed by atoms with E-state index >= 15 is 0 Å². The van der Waals surface area contributed by atoms with Crippen LogP contribution in [0.15, 0.2) is 30.3 Å². The van der Waals surface area contributed by atoms with Gasteiger partial charge in [0.15, 0.2) is 0 Å². The molecular weight excluding hydrogens is 414 g/mol. The van der Waals surface area contributed by atoms with Crippen LogP contribution in [-0.2, 0) is 14.3 Å². The lowest BCUT2D eigenvalue weighted by molar-refractivity contribution is -0.166. The Morgan fingerprint density at radius 3 is 2.13 bits per heavy atom. The molecule has 0 spiro atoms. The molecule has 31 heavy (non-hydrogen) atoms. The molecule has 0 saturated heterocycles. The van der Waals surface area contributed by atoms with Crippen molar-refractivity contribution in [1.82, 2.24) is 0 Å². The van der Waals surface area contributed by atoms with Crippen LogP contribution < -0.4 is 10.5 Å². The predicted octanol–water partition coefficient (Wildman–Crippen LogP) is 3.93. The first kappa shape index (κ1) is 23.9. The molecule has 4 bridgehead atoms. The summed E-state index contributed by atoms with van der Waals surface area (Å²) in [4.78, 5) is 22.6. The summed E-state index contributed by atoms with van der Waals surface area (Å²) in [5.74, 6) is 1.84. The summed E-state index contributed by atoms with van der Waals surface area (Å²) in [5, 5.41) is 9.02. The molecule has 1 aromatic carbocycles. The van der Waals surface area contributed by atoms with E-state index in [1.54, 1.807) is 19.1 Å². The number of hydrogen-bond acceptors (Lipinski definition) is 6. The van der Waals surface area contributed by atoms with Gasteiger partial charge in [0, 0.05) is 17.7 Å². The van der Waals surface area contributed by atoms with Crippen molar-refractivity contribution >= 4 is 24.6 Å². The number of ether oxygens (including phenoxy) is 2. The monoisotopic (exact) mass is 449 g/mol. The topological polar surface area (TPSA) is 98.8 Å². The summed E-state index contributed by atoms with van der Waals surface area (Å²) in [6.45, 7) is 1.79. The number of carbonyl (C=O) groups is 2. The number of carbonyl (C=O) groups excluding carboxylic acids is 1. The van der Waals surface area contributed by atoms with Gasteiger partial charge in [-0.1, -0.05) is 25.1 Å². The Bertz CT molecular complexity index is 705. The molecule has 0 aromatic heterocycles. The minimum atomic E-state index is -1.20. The molecule has 1 aromatic rings. The van der Waals surface area contributed by atoms with Gasteiger partial charge in [0.2, 0.25) is 6.10 Å². The fourth-order valence-electron chi connectivity index (χ4n) is 5.54. The molecule has 5 rings (SSSR count). The van der Waals surface area contributed by atoms with Gasteiger partial charge in [0.05, 0.1) is 12.5 Å². The first-order valence-corrected chi connectivity index (χ1v) is 11.9. The highest BCUT2D eigenvalue weighted by Gasteiger charge is 2.48. The largest absolute Gasteiger partial charge is 0.493 e. The third kappa shape index (κ3) is 6.88. The zero-order valence-electron chi connectivity index (χ0n) is 18.2. The van der Waals surface area contributed by atoms with Gasteiger partial charge in [0.25, 0.3) is 0 Å². The molecule has 4 fully saturated rings. The second-order valence-corrected chi connectivity index (χ2v) is 9.94. The fourth-order valence-corrected chi connectivity index (χ4v) is 5.69. The van der Waals surface area contributed by atoms with Crippen molar-refractivity contribution in [2.24, 2.45) is 29.4 Å². The quantitative estimate of drug-likeness (QED) is 0.411. The number of thiol groups is 1. The maximum Gasteiger partial charge on any atom is 0.345 e. The molecule has 4 aliphatic rings. The second-order valence-electron chi connectivity index (χ2n) is 9.58. The average molecular weight is 450 g/mol. The van der Waals surface area contributed by atoms with Crippen LogP contribution in [0.4, 0.5) is 0 Å². The van der Waals surface area contributed by atoms with E-state index < -0.39 is 24.0 Å². The lowest BCUT2D eigenvalue weighted by atomic mass is 9.53. The predicted molar refractivity (Wildman–Crippen MR) is 122 cm³/mol. The Kier molecular flexibility index (Phi) is 8.28. The van der Waals surface area contributed by atoms with Crippen LogP contribution >= 0.6 is 12.6 Å². The van der Waals surface area contributed by atoms with E-state index in [4.69, 9.17) is 20.3 Å². The molecule has 1 unspecified atom stereocenters. The van der Waals surface area contributed by atoms with E-state index in [0.29, 0.717) is 17.0 Å². The molecule has 0 heterocycles. The van der Waals surface area contributed by atoms with E-state index in [1.165, 1.54) is 38.5 Å². The van der Waals surface area contributed by atoms with Crippen LogP contribution in [0.25, 0.3) is 0 Å². The summed E-state index contributed by atoms with van der Waals surface area (Å²) in [6, 6.07) is 9.03. The zero-order valence-corrected chi connectivity index (χ0v) is 19.1. The number of carboxylic acids is 1. The highest BCUT2D eigenvalue weighted by Crippen LogP contribution is 2.54. The van der Waals surface area contributed by atoms with Crippen LogP contribution in [0.5, 0.6) is 5.75 Å². The van der Waals surface area contributed by atoms with Crippen molar-refractivity contribution in [3.63, 3.8) is 0 Å². The SMILES string of the molecule is C[C@H](CS)C(=O)OC(CCOc1ccccc1)C(=O)O.NC12CC3CC(CC(C3)C1)C2. The third-order valence-electron chi connectivity index (χ3n) is 6.69. The fraction of sp³-hybridized carbons (Fsp3) is 0.667. The molecule has 4 aliphatic carbocycles. The molecule has 0 amide bonds. The maximum absolute atomic E-state index is 11.5. The van der Waals surface area contributed by atoms with E-state index in [9.17, 15) is 9.59 Å². The number of aliphatic carboxylic acids is 1. The van der Waals surface area contributed by atoms with E-state index in [-0.39, 0.29) is 13.0 Å². The molecule has 172 valence electrons. The minimum absolute atomic E-state index is 0.0925. The van der Waals surface area contributed by atoms with Crippen LogP contribution in [-0.4, -0.2) is 41.0 Å². The van der Waals surface area contributed by atoms with Crippen molar-refractivity contribution in [1.29, 1.82) is 0 Å². The zero-order chi connectivity index (χ0) is 22.4. The Labute approximate surface area is 190 Å². The van der Waals surface area contributed by atoms with Gasteiger partial charge < -0.3 is 20.3 Å². The molecule has 0 radical (unpaired) electrons. The standard InChI is InChI=1S/C14H18O5S.C10H17N/c1-10(9-20)14(17)19-12(13(15)16)7-8-18-11-5-3-2-4-6-11;11-10-4-7-1-8(5-10)3-9(2-7)6-10/h2-6,10,12,20H,7-9H2,1H3,(H,15,16);7-9H,1-6,11H2/t10-,12?;/m1./s1. The highest BCUT2D eigenvalue weighted by atomic mass is 32.1. The van der Waals surface area contributed by atoms with Crippen molar-refractivity contribution in [2.75, 3.05) is 12.4 Å². The van der Waals surface area contributed by atoms with Crippen molar-refractivity contribution in [2.45, 2.75) is 63.5 Å². The van der Waals surface area contributed by atoms with Gasteiger partial charge >= 0.3 is 11.9 Å². The summed E-state index contributed by atoms with van der Waals surface area (Å²) in [6.07, 6.45) is 7.46. The van der Waals surface area contributed by atoms with E-state index in [2.05, 4.69) is 12.6 Å². The van der Waals surface area contributed by atoms with Crippen LogP contribution in [0.1, 0.15) is 51.9 Å². The lowest BCUT2D eigenvalue weighted by Crippen LogP contribution is -2.55. The molecule has 7 heteroatoms. The first-order valence-electron chi connectivity index (χ1n) is 11.3. The molecular formula is C24H35NO5S. The molecule has 3 N–H and O–H groups in total. The van der Waals surface area contributed by atoms with Crippen molar-refractivity contribution in [3.8, 4) is 5.75 Å². The van der Waals surface area contributed by atoms with Gasteiger partial charge in [-0.3, -0.25) is 4.79 Å². The Morgan fingerprint density at radius 1 is 1.13 bits per heavy atom. The Balaban J connectivity index is 0.000000204. The number of esters is 1. The summed E-state index contributed by atoms with van der Waals surface area (Å²) in [7, 11) is 0. The highest BCUT2D eigenvalue weighted by molar-refractivity contribution is 7.80. The van der Waals surface area contributed by atoms with Crippen molar-refractivity contribution in [3.05, 3.63) is 30.3 Å². The number of hydrogen-bond donors (Lipinski definition) is 3. The Hall–Kier alpha value is -1.73. The minimum Gasteiger partial charge on any atom is -0.493 e. The first-order chi connectivity index (χ1) is 14.8. The van der Waals surface area contributed by atoms with Gasteiger partial charge in [-0.15, -0.1) is 0 Å². The maximum atomic E-state index is 11.5. The van der Waals surface area contributed by atoms with Gasteiger partial charge in [-0.25, -0.2) is 4.79 Å². The average Bonchev–Trinajstić information content (AvgIpc) is 2.71. The summed E-state index contributed by atoms with van der Waals surface area (Å²) < 4.78 is 10.3. The molecule has 6 nitrogen and oxygen atoms in total. The number of rotatable bonds is 8. The summed E-state index contributed by atoms with van der Waals surface area (Å²) >= 11 is 3.97. The van der Waals surface area contributed by atoms with Gasteiger partial charge in [0.1, 0.15) is 5.75 Å². The van der Waals surface area contributed by atoms with Crippen LogP contribution in [0.2, 0.25) is 0 Å². The second kappa shape index (κ2) is 10.7. The van der Waals surface area contributed by atoms with Crippen LogP contribution in [0, 0.1) is 23.7 Å². The van der Waals surface area contributed by atoms with E-state index in [0.717, 1.165) is 17.8 Å². The summed E-state index contributed by atoms with van der Waals surface area (Å²) in [5.41, 5.74) is 6.62. The number of carboxylic acid groups (broad SMARTS) is 1. The smallest absolute Gasteiger partial charge is 0.345 e. The normalized spacial score (nSPS) is 30.0. The third-order valence-corrected chi connectivity index (χ3v) is 7.24. The van der Waals surface area contributed by atoms with Crippen molar-refractivity contribution < 1.29 is 24.2 Å². The van der Waals surface area contributed by atoms with Gasteiger partial charge in [-0.05, 0) is 68.4 Å². The number of benzene rings is 1. The molecule has 2 atom stereocenters. The Morgan fingerprint density at radius 2 is 1.68 bits per heavy atom.